The Kier molecular flexibility index (Phi) is 7.33. The van der Waals surface area contributed by atoms with E-state index in [1.54, 1.807) is 0 Å². The lowest BCUT2D eigenvalue weighted by molar-refractivity contribution is -0.132. The Morgan fingerprint density at radius 2 is 1.83 bits per heavy atom. The fourth-order valence-corrected chi connectivity index (χ4v) is 2.92. The summed E-state index contributed by atoms with van der Waals surface area (Å²) >= 11 is 0. The fraction of sp³-hybridized carbons (Fsp3) is 0.933. The maximum absolute atomic E-state index is 12.1. The van der Waals surface area contributed by atoms with Crippen LogP contribution in [0.3, 0.4) is 0 Å². The summed E-state index contributed by atoms with van der Waals surface area (Å²) in [5.74, 6) is 1.22. The van der Waals surface area contributed by atoms with Gasteiger partial charge in [0.2, 0.25) is 5.91 Å². The zero-order valence-electron chi connectivity index (χ0n) is 12.2. The molecule has 0 saturated heterocycles. The third-order valence-electron chi connectivity index (χ3n) is 4.43. The first kappa shape index (κ1) is 15.5. The van der Waals surface area contributed by atoms with E-state index in [4.69, 9.17) is 5.73 Å². The Bertz CT molecular complexity index is 235. The first-order valence-electron chi connectivity index (χ1n) is 7.64. The molecule has 3 nitrogen and oxygen atoms in total. The van der Waals surface area contributed by atoms with E-state index in [1.807, 2.05) is 11.9 Å². The van der Waals surface area contributed by atoms with Crippen molar-refractivity contribution in [3.05, 3.63) is 0 Å². The van der Waals surface area contributed by atoms with Gasteiger partial charge in [-0.05, 0) is 51.0 Å². The molecule has 2 N–H and O–H groups in total. The lowest BCUT2D eigenvalue weighted by atomic mass is 9.84. The molecule has 3 heteroatoms. The molecule has 1 fully saturated rings. The van der Waals surface area contributed by atoms with E-state index >= 15 is 0 Å². The van der Waals surface area contributed by atoms with Crippen LogP contribution in [0, 0.1) is 5.92 Å². The summed E-state index contributed by atoms with van der Waals surface area (Å²) in [4.78, 5) is 14.1. The van der Waals surface area contributed by atoms with Crippen molar-refractivity contribution in [3.8, 4) is 0 Å². The van der Waals surface area contributed by atoms with Crippen molar-refractivity contribution in [3.63, 3.8) is 0 Å². The van der Waals surface area contributed by atoms with Gasteiger partial charge in [-0.3, -0.25) is 4.79 Å². The molecular weight excluding hydrogens is 224 g/mol. The number of nitrogens with zero attached hydrogens (tertiary/aromatic N) is 1. The number of carbonyl (C=O) groups is 1. The van der Waals surface area contributed by atoms with Gasteiger partial charge in [0.25, 0.3) is 0 Å². The van der Waals surface area contributed by atoms with Crippen LogP contribution < -0.4 is 5.73 Å². The van der Waals surface area contributed by atoms with Gasteiger partial charge in [0.15, 0.2) is 0 Å². The number of rotatable bonds is 7. The molecule has 0 aromatic carbocycles. The van der Waals surface area contributed by atoms with Crippen LogP contribution in [0.1, 0.15) is 64.7 Å². The smallest absolute Gasteiger partial charge is 0.222 e. The second kappa shape index (κ2) is 8.52. The maximum atomic E-state index is 12.1. The topological polar surface area (TPSA) is 46.3 Å². The molecule has 0 aromatic rings. The van der Waals surface area contributed by atoms with Crippen molar-refractivity contribution in [1.29, 1.82) is 0 Å². The van der Waals surface area contributed by atoms with E-state index in [0.717, 1.165) is 31.7 Å². The Labute approximate surface area is 112 Å². The molecule has 1 amide bonds. The monoisotopic (exact) mass is 254 g/mol. The van der Waals surface area contributed by atoms with Crippen molar-refractivity contribution in [2.24, 2.45) is 11.7 Å². The molecule has 1 rings (SSSR count). The molecule has 0 spiro atoms. The molecule has 0 heterocycles. The van der Waals surface area contributed by atoms with Crippen LogP contribution in [-0.4, -0.2) is 30.4 Å². The fourth-order valence-electron chi connectivity index (χ4n) is 2.92. The molecular formula is C15H30N2O. The van der Waals surface area contributed by atoms with Gasteiger partial charge < -0.3 is 10.6 Å². The van der Waals surface area contributed by atoms with Crippen LogP contribution in [0.25, 0.3) is 0 Å². The largest absolute Gasteiger partial charge is 0.343 e. The van der Waals surface area contributed by atoms with Gasteiger partial charge in [0, 0.05) is 19.5 Å². The zero-order valence-corrected chi connectivity index (χ0v) is 12.2. The second-order valence-corrected chi connectivity index (χ2v) is 5.69. The molecule has 1 aliphatic carbocycles. The maximum Gasteiger partial charge on any atom is 0.222 e. The molecule has 0 bridgehead atoms. The van der Waals surface area contributed by atoms with E-state index in [0.29, 0.717) is 18.4 Å². The van der Waals surface area contributed by atoms with Crippen molar-refractivity contribution in [2.45, 2.75) is 70.8 Å². The highest BCUT2D eigenvalue weighted by atomic mass is 16.2. The average Bonchev–Trinajstić information content (AvgIpc) is 2.42. The highest BCUT2D eigenvalue weighted by molar-refractivity contribution is 5.76. The van der Waals surface area contributed by atoms with E-state index in [1.165, 1.54) is 32.1 Å². The van der Waals surface area contributed by atoms with E-state index in [9.17, 15) is 4.79 Å². The SMILES string of the molecule is CCC1CCC(N(C)C(=O)CCCCCN)CC1. The Morgan fingerprint density at radius 1 is 1.17 bits per heavy atom. The van der Waals surface area contributed by atoms with Crippen LogP contribution in [-0.2, 0) is 4.79 Å². The number of carbonyl (C=O) groups excluding carboxylic acids is 1. The standard InChI is InChI=1S/C15H30N2O/c1-3-13-8-10-14(11-9-13)17(2)15(18)7-5-4-6-12-16/h13-14H,3-12,16H2,1-2H3. The summed E-state index contributed by atoms with van der Waals surface area (Å²) in [6.45, 7) is 3.02. The highest BCUT2D eigenvalue weighted by Crippen LogP contribution is 2.29. The second-order valence-electron chi connectivity index (χ2n) is 5.69. The van der Waals surface area contributed by atoms with E-state index in [2.05, 4.69) is 6.92 Å². The minimum atomic E-state index is 0.326. The van der Waals surface area contributed by atoms with Gasteiger partial charge in [-0.15, -0.1) is 0 Å². The van der Waals surface area contributed by atoms with Gasteiger partial charge in [0.1, 0.15) is 0 Å². The molecule has 106 valence electrons. The molecule has 0 atom stereocenters. The normalized spacial score (nSPS) is 23.9. The number of amides is 1. The van der Waals surface area contributed by atoms with Gasteiger partial charge >= 0.3 is 0 Å². The van der Waals surface area contributed by atoms with Crippen molar-refractivity contribution in [1.82, 2.24) is 4.90 Å². The lowest BCUT2D eigenvalue weighted by Gasteiger charge is -2.34. The number of unbranched alkanes of at least 4 members (excludes halogenated alkanes) is 2. The van der Waals surface area contributed by atoms with Gasteiger partial charge in [0.05, 0.1) is 0 Å². The van der Waals surface area contributed by atoms with Gasteiger partial charge in [-0.25, -0.2) is 0 Å². The molecule has 0 aromatic heterocycles. The molecule has 18 heavy (non-hydrogen) atoms. The number of hydrogen-bond donors (Lipinski definition) is 1. The van der Waals surface area contributed by atoms with Crippen LogP contribution in [0.4, 0.5) is 0 Å². The molecule has 0 unspecified atom stereocenters. The number of hydrogen-bond acceptors (Lipinski definition) is 2. The quantitative estimate of drug-likeness (QED) is 0.710. The summed E-state index contributed by atoms with van der Waals surface area (Å²) in [6, 6.07) is 0.495. The van der Waals surface area contributed by atoms with E-state index in [-0.39, 0.29) is 0 Å². The first-order chi connectivity index (χ1) is 8.69. The highest BCUT2D eigenvalue weighted by Gasteiger charge is 2.25. The third-order valence-corrected chi connectivity index (χ3v) is 4.43. The molecule has 0 radical (unpaired) electrons. The van der Waals surface area contributed by atoms with Crippen LogP contribution in [0.2, 0.25) is 0 Å². The summed E-state index contributed by atoms with van der Waals surface area (Å²) in [7, 11) is 1.99. The van der Waals surface area contributed by atoms with Gasteiger partial charge in [-0.2, -0.15) is 0 Å². The summed E-state index contributed by atoms with van der Waals surface area (Å²) in [5, 5.41) is 0. The minimum absolute atomic E-state index is 0.326. The number of nitrogens with two attached hydrogens (primary N) is 1. The summed E-state index contributed by atoms with van der Waals surface area (Å²) in [6.07, 6.45) is 10.1. The first-order valence-corrected chi connectivity index (χ1v) is 7.64. The average molecular weight is 254 g/mol. The van der Waals surface area contributed by atoms with Crippen LogP contribution in [0.5, 0.6) is 0 Å². The van der Waals surface area contributed by atoms with Crippen molar-refractivity contribution >= 4 is 5.91 Å². The zero-order chi connectivity index (χ0) is 13.4. The molecule has 1 aliphatic rings. The Morgan fingerprint density at radius 3 is 2.39 bits per heavy atom. The summed E-state index contributed by atoms with van der Waals surface area (Å²) < 4.78 is 0. The van der Waals surface area contributed by atoms with E-state index < -0.39 is 0 Å². The predicted molar refractivity (Wildman–Crippen MR) is 76.3 cm³/mol. The predicted octanol–water partition coefficient (Wildman–Crippen LogP) is 2.93. The van der Waals surface area contributed by atoms with Crippen LogP contribution >= 0.6 is 0 Å². The summed E-state index contributed by atoms with van der Waals surface area (Å²) in [5.41, 5.74) is 5.45. The Balaban J connectivity index is 2.22. The van der Waals surface area contributed by atoms with Crippen LogP contribution in [0.15, 0.2) is 0 Å². The third kappa shape index (κ3) is 4.97. The lowest BCUT2D eigenvalue weighted by Crippen LogP contribution is -2.39. The van der Waals surface area contributed by atoms with Crippen molar-refractivity contribution < 1.29 is 4.79 Å². The molecule has 1 saturated carbocycles. The Hall–Kier alpha value is -0.570. The minimum Gasteiger partial charge on any atom is -0.343 e. The van der Waals surface area contributed by atoms with Crippen molar-refractivity contribution in [2.75, 3.05) is 13.6 Å². The van der Waals surface area contributed by atoms with Gasteiger partial charge in [-0.1, -0.05) is 19.8 Å². The molecule has 0 aliphatic heterocycles.